The molecule has 0 aliphatic carbocycles. The first-order valence-corrected chi connectivity index (χ1v) is 5.49. The van der Waals surface area contributed by atoms with Crippen LogP contribution < -0.4 is 9.67 Å². The summed E-state index contributed by atoms with van der Waals surface area (Å²) in [5, 5.41) is 17.8. The van der Waals surface area contributed by atoms with E-state index in [1.54, 1.807) is 12.3 Å². The van der Waals surface area contributed by atoms with Crippen molar-refractivity contribution >= 4 is 18.3 Å². The molecule has 0 aromatic carbocycles. The molecule has 0 aliphatic heterocycles. The normalized spacial score (nSPS) is 9.56. The van der Waals surface area contributed by atoms with Gasteiger partial charge in [-0.05, 0) is 18.4 Å². The molecule has 0 amide bonds. The van der Waals surface area contributed by atoms with Gasteiger partial charge in [0.1, 0.15) is 6.54 Å². The van der Waals surface area contributed by atoms with E-state index in [-0.39, 0.29) is 12.4 Å². The largest absolute Gasteiger partial charge is 0.859 e. The van der Waals surface area contributed by atoms with E-state index in [1.165, 1.54) is 19.3 Å². The summed E-state index contributed by atoms with van der Waals surface area (Å²) in [5.41, 5.74) is 0.466. The van der Waals surface area contributed by atoms with Crippen LogP contribution in [0.5, 0.6) is 0 Å². The Balaban J connectivity index is 0.00000225. The molecule has 0 atom stereocenters. The summed E-state index contributed by atoms with van der Waals surface area (Å²) in [5.74, 6) is -0.613. The molecule has 1 heterocycles. The van der Waals surface area contributed by atoms with Gasteiger partial charge >= 0.3 is 0 Å². The first kappa shape index (κ1) is 14.9. The summed E-state index contributed by atoms with van der Waals surface area (Å²) in [7, 11) is 0. The Hall–Kier alpha value is -1.09. The van der Waals surface area contributed by atoms with Crippen LogP contribution in [0.25, 0.3) is 0 Å². The minimum Gasteiger partial charge on any atom is -0.859 e. The lowest BCUT2D eigenvalue weighted by atomic mass is 10.2. The number of hydrogen-bond acceptors (Lipinski definition) is 2. The van der Waals surface area contributed by atoms with Gasteiger partial charge in [-0.25, -0.2) is 4.57 Å². The van der Waals surface area contributed by atoms with Crippen LogP contribution in [-0.2, 0) is 6.54 Å². The van der Waals surface area contributed by atoms with E-state index in [0.717, 1.165) is 13.0 Å². The molecule has 3 nitrogen and oxygen atoms in total. The second-order valence-electron chi connectivity index (χ2n) is 3.72. The molecule has 0 spiro atoms. The third-order valence-electron chi connectivity index (χ3n) is 2.39. The molecule has 0 fully saturated rings. The molecule has 16 heavy (non-hydrogen) atoms. The molecule has 1 rings (SSSR count). The van der Waals surface area contributed by atoms with E-state index in [9.17, 15) is 5.11 Å². The summed E-state index contributed by atoms with van der Waals surface area (Å²) in [6.07, 6.45) is 8.55. The number of pyridine rings is 1. The smallest absolute Gasteiger partial charge is 0.176 e. The van der Waals surface area contributed by atoms with Crippen molar-refractivity contribution in [3.8, 4) is 0 Å². The van der Waals surface area contributed by atoms with E-state index in [2.05, 4.69) is 6.92 Å². The number of aryl methyl sites for hydroxylation is 1. The lowest BCUT2D eigenvalue weighted by molar-refractivity contribution is -0.697. The van der Waals surface area contributed by atoms with Crippen LogP contribution in [0.1, 0.15) is 38.2 Å². The standard InChI is InChI=1S/C12H18N2O.ClH/c1-2-3-4-5-8-14-9-6-7-11(10-14)12(13)15;/h6-7,9-10H,2-5,8H2,1H3,(H-,13,15);1H. The topological polar surface area (TPSA) is 50.8 Å². The minimum absolute atomic E-state index is 0. The van der Waals surface area contributed by atoms with Crippen LogP contribution in [0.3, 0.4) is 0 Å². The molecule has 0 unspecified atom stereocenters. The molecule has 1 aromatic rings. The zero-order valence-corrected chi connectivity index (χ0v) is 10.4. The lowest BCUT2D eigenvalue weighted by Crippen LogP contribution is -2.34. The Morgan fingerprint density at radius 1 is 1.38 bits per heavy atom. The van der Waals surface area contributed by atoms with Crippen molar-refractivity contribution in [2.75, 3.05) is 0 Å². The highest BCUT2D eigenvalue weighted by atomic mass is 35.5. The highest BCUT2D eigenvalue weighted by Gasteiger charge is 2.01. The van der Waals surface area contributed by atoms with Crippen molar-refractivity contribution in [1.82, 2.24) is 0 Å². The van der Waals surface area contributed by atoms with Gasteiger partial charge in [-0.2, -0.15) is 0 Å². The lowest BCUT2D eigenvalue weighted by Gasteiger charge is -2.05. The number of rotatable bonds is 6. The van der Waals surface area contributed by atoms with E-state index in [0.29, 0.717) is 5.56 Å². The molecular weight excluding hydrogens is 224 g/mol. The van der Waals surface area contributed by atoms with Gasteiger partial charge in [0.2, 0.25) is 0 Å². The summed E-state index contributed by atoms with van der Waals surface area (Å²) in [6.45, 7) is 3.12. The zero-order valence-electron chi connectivity index (χ0n) is 9.61. The maximum absolute atomic E-state index is 10.8. The number of nitrogens with one attached hydrogen (secondary N) is 1. The fraction of sp³-hybridized carbons (Fsp3) is 0.500. The molecular formula is C12H19ClN2O. The predicted molar refractivity (Wildman–Crippen MR) is 64.9 cm³/mol. The molecule has 0 bridgehead atoms. The monoisotopic (exact) mass is 242 g/mol. The van der Waals surface area contributed by atoms with Crippen LogP contribution in [0.15, 0.2) is 24.5 Å². The van der Waals surface area contributed by atoms with E-state index < -0.39 is 5.90 Å². The number of aromatic nitrogens is 1. The maximum Gasteiger partial charge on any atom is 0.176 e. The van der Waals surface area contributed by atoms with Crippen molar-refractivity contribution in [3.63, 3.8) is 0 Å². The fourth-order valence-corrected chi connectivity index (χ4v) is 1.52. The molecule has 0 saturated heterocycles. The molecule has 1 aromatic heterocycles. The van der Waals surface area contributed by atoms with Crippen molar-refractivity contribution in [1.29, 1.82) is 5.41 Å². The van der Waals surface area contributed by atoms with E-state index in [1.807, 2.05) is 16.8 Å². The van der Waals surface area contributed by atoms with E-state index in [4.69, 9.17) is 5.41 Å². The SMILES string of the molecule is CCCCCC[n+]1cccc(C(=N)[O-])c1.Cl. The average molecular weight is 243 g/mol. The van der Waals surface area contributed by atoms with Gasteiger partial charge in [0.25, 0.3) is 0 Å². The van der Waals surface area contributed by atoms with Crippen LogP contribution >= 0.6 is 12.4 Å². The Labute approximate surface area is 103 Å². The second-order valence-corrected chi connectivity index (χ2v) is 3.72. The molecule has 0 radical (unpaired) electrons. The molecule has 0 saturated carbocycles. The zero-order chi connectivity index (χ0) is 11.1. The average Bonchev–Trinajstić information content (AvgIpc) is 2.25. The molecule has 1 N–H and O–H groups in total. The first-order valence-electron chi connectivity index (χ1n) is 5.49. The highest BCUT2D eigenvalue weighted by molar-refractivity contribution is 5.87. The Bertz CT molecular complexity index is 329. The first-order chi connectivity index (χ1) is 7.24. The van der Waals surface area contributed by atoms with Gasteiger partial charge in [0.15, 0.2) is 12.4 Å². The van der Waals surface area contributed by atoms with Crippen molar-refractivity contribution in [2.45, 2.75) is 39.2 Å². The highest BCUT2D eigenvalue weighted by Crippen LogP contribution is 1.99. The van der Waals surface area contributed by atoms with Crippen molar-refractivity contribution < 1.29 is 9.67 Å². The quantitative estimate of drug-likeness (QED) is 0.351. The van der Waals surface area contributed by atoms with Crippen LogP contribution in [0, 0.1) is 5.41 Å². The third kappa shape index (κ3) is 5.12. The molecule has 0 aliphatic rings. The second kappa shape index (κ2) is 8.11. The van der Waals surface area contributed by atoms with Gasteiger partial charge in [0, 0.05) is 18.1 Å². The van der Waals surface area contributed by atoms with Crippen LogP contribution in [0.2, 0.25) is 0 Å². The molecule has 4 heteroatoms. The van der Waals surface area contributed by atoms with Crippen LogP contribution in [-0.4, -0.2) is 5.90 Å². The van der Waals surface area contributed by atoms with Gasteiger partial charge in [0.05, 0.1) is 0 Å². The summed E-state index contributed by atoms with van der Waals surface area (Å²) >= 11 is 0. The van der Waals surface area contributed by atoms with Gasteiger partial charge in [-0.1, -0.05) is 19.8 Å². The summed E-state index contributed by atoms with van der Waals surface area (Å²) in [4.78, 5) is 0. The Morgan fingerprint density at radius 3 is 2.75 bits per heavy atom. The van der Waals surface area contributed by atoms with Crippen LogP contribution in [0.4, 0.5) is 0 Å². The Kier molecular flexibility index (Phi) is 7.56. The number of hydrogen-bond donors (Lipinski definition) is 1. The Morgan fingerprint density at radius 2 is 2.12 bits per heavy atom. The number of nitrogens with zero attached hydrogens (tertiary/aromatic N) is 1. The summed E-state index contributed by atoms with van der Waals surface area (Å²) in [6, 6.07) is 3.50. The van der Waals surface area contributed by atoms with Crippen molar-refractivity contribution in [2.24, 2.45) is 0 Å². The maximum atomic E-state index is 10.8. The number of unbranched alkanes of at least 4 members (excludes halogenated alkanes) is 3. The van der Waals surface area contributed by atoms with Gasteiger partial charge in [-0.3, -0.25) is 0 Å². The van der Waals surface area contributed by atoms with Crippen molar-refractivity contribution in [3.05, 3.63) is 30.1 Å². The van der Waals surface area contributed by atoms with E-state index >= 15 is 0 Å². The predicted octanol–water partition coefficient (Wildman–Crippen LogP) is 1.66. The fourth-order valence-electron chi connectivity index (χ4n) is 1.52. The van der Waals surface area contributed by atoms with Gasteiger partial charge < -0.3 is 10.5 Å². The minimum atomic E-state index is -0.613. The molecule has 90 valence electrons. The number of halogens is 1. The summed E-state index contributed by atoms with van der Waals surface area (Å²) < 4.78 is 1.98. The third-order valence-corrected chi connectivity index (χ3v) is 2.39. The van der Waals surface area contributed by atoms with Gasteiger partial charge in [-0.15, -0.1) is 12.4 Å².